The van der Waals surface area contributed by atoms with Gasteiger partial charge in [-0.15, -0.1) is 0 Å². The number of halogens is 1. The molecule has 1 atom stereocenters. The van der Waals surface area contributed by atoms with Crippen molar-refractivity contribution in [1.82, 2.24) is 14.5 Å². The van der Waals surface area contributed by atoms with Crippen LogP contribution in [0.15, 0.2) is 41.6 Å². The fraction of sp³-hybridized carbons (Fsp3) is 0.357. The Bertz CT molecular complexity index is 717. The second-order valence-electron chi connectivity index (χ2n) is 4.88. The van der Waals surface area contributed by atoms with Crippen molar-refractivity contribution in [2.24, 2.45) is 0 Å². The molecule has 0 radical (unpaired) electrons. The maximum atomic E-state index is 12.3. The van der Waals surface area contributed by atoms with E-state index in [1.807, 2.05) is 19.2 Å². The molecule has 0 saturated carbocycles. The highest BCUT2D eigenvalue weighted by Crippen LogP contribution is 2.26. The maximum Gasteiger partial charge on any atom is 0.240 e. The molecule has 0 aliphatic rings. The average Bonchev–Trinajstić information content (AvgIpc) is 2.98. The second kappa shape index (κ2) is 7.13. The summed E-state index contributed by atoms with van der Waals surface area (Å²) in [5.74, 6) is 0.437. The molecular formula is C14H18ClN3O3S. The fourth-order valence-electron chi connectivity index (χ4n) is 1.96. The summed E-state index contributed by atoms with van der Waals surface area (Å²) in [5, 5.41) is 4.34. The van der Waals surface area contributed by atoms with Crippen LogP contribution in [0.25, 0.3) is 0 Å². The summed E-state index contributed by atoms with van der Waals surface area (Å²) in [7, 11) is -2.14. The van der Waals surface area contributed by atoms with Crippen LogP contribution >= 0.6 is 11.6 Å². The van der Waals surface area contributed by atoms with Gasteiger partial charge in [0.15, 0.2) is 0 Å². The van der Waals surface area contributed by atoms with Gasteiger partial charge in [-0.05, 0) is 37.6 Å². The summed E-state index contributed by atoms with van der Waals surface area (Å²) in [6, 6.07) is 5.98. The van der Waals surface area contributed by atoms with Crippen LogP contribution in [-0.2, 0) is 16.6 Å². The molecule has 120 valence electrons. The van der Waals surface area contributed by atoms with Crippen LogP contribution in [0.2, 0.25) is 5.02 Å². The Morgan fingerprint density at radius 2 is 2.23 bits per heavy atom. The van der Waals surface area contributed by atoms with Crippen LogP contribution < -0.4 is 9.46 Å². The summed E-state index contributed by atoms with van der Waals surface area (Å²) >= 11 is 5.97. The number of ether oxygens (including phenoxy) is 1. The Morgan fingerprint density at radius 1 is 1.45 bits per heavy atom. The largest absolute Gasteiger partial charge is 0.495 e. The molecule has 2 rings (SSSR count). The van der Waals surface area contributed by atoms with Crippen molar-refractivity contribution < 1.29 is 13.2 Å². The molecule has 0 aliphatic carbocycles. The highest BCUT2D eigenvalue weighted by atomic mass is 35.5. The lowest BCUT2D eigenvalue weighted by Crippen LogP contribution is -2.33. The quantitative estimate of drug-likeness (QED) is 0.837. The van der Waals surface area contributed by atoms with E-state index in [1.165, 1.54) is 25.3 Å². The first kappa shape index (κ1) is 16.8. The van der Waals surface area contributed by atoms with Crippen molar-refractivity contribution in [2.45, 2.75) is 30.8 Å². The predicted octanol–water partition coefficient (Wildman–Crippen LogP) is 2.30. The molecule has 1 heterocycles. The van der Waals surface area contributed by atoms with E-state index in [0.717, 1.165) is 0 Å². The summed E-state index contributed by atoms with van der Waals surface area (Å²) < 4.78 is 34.1. The summed E-state index contributed by atoms with van der Waals surface area (Å²) in [6.45, 7) is 2.45. The molecule has 0 spiro atoms. The number of aromatic nitrogens is 2. The fourth-order valence-corrected chi connectivity index (χ4v) is 3.59. The molecule has 0 saturated heterocycles. The number of hydrogen-bond acceptors (Lipinski definition) is 4. The van der Waals surface area contributed by atoms with Gasteiger partial charge in [0, 0.05) is 25.0 Å². The molecule has 1 aromatic heterocycles. The number of rotatable bonds is 7. The van der Waals surface area contributed by atoms with Gasteiger partial charge in [0.05, 0.1) is 17.0 Å². The minimum absolute atomic E-state index is 0.115. The van der Waals surface area contributed by atoms with Crippen molar-refractivity contribution in [2.75, 3.05) is 7.11 Å². The first-order valence-electron chi connectivity index (χ1n) is 6.75. The van der Waals surface area contributed by atoms with Crippen molar-refractivity contribution in [3.05, 3.63) is 41.7 Å². The van der Waals surface area contributed by atoms with E-state index >= 15 is 0 Å². The second-order valence-corrected chi connectivity index (χ2v) is 7.00. The van der Waals surface area contributed by atoms with Crippen LogP contribution in [0.3, 0.4) is 0 Å². The van der Waals surface area contributed by atoms with E-state index in [2.05, 4.69) is 9.82 Å². The lowest BCUT2D eigenvalue weighted by molar-refractivity contribution is 0.414. The Morgan fingerprint density at radius 3 is 2.82 bits per heavy atom. The SMILES string of the molecule is COc1ccc(S(=O)(=O)NC(C)CCn2cccn2)cc1Cl. The molecule has 8 heteroatoms. The molecular weight excluding hydrogens is 326 g/mol. The van der Waals surface area contributed by atoms with Gasteiger partial charge in [-0.1, -0.05) is 11.6 Å². The molecule has 2 aromatic rings. The number of benzene rings is 1. The van der Waals surface area contributed by atoms with E-state index < -0.39 is 10.0 Å². The highest BCUT2D eigenvalue weighted by molar-refractivity contribution is 7.89. The van der Waals surface area contributed by atoms with Crippen LogP contribution in [0.4, 0.5) is 0 Å². The van der Waals surface area contributed by atoms with Crippen LogP contribution in [0, 0.1) is 0 Å². The number of sulfonamides is 1. The Labute approximate surface area is 135 Å². The van der Waals surface area contributed by atoms with Gasteiger partial charge in [0.25, 0.3) is 0 Å². The smallest absolute Gasteiger partial charge is 0.240 e. The lowest BCUT2D eigenvalue weighted by atomic mass is 10.2. The van der Waals surface area contributed by atoms with Gasteiger partial charge in [-0.25, -0.2) is 13.1 Å². The number of hydrogen-bond donors (Lipinski definition) is 1. The zero-order valence-corrected chi connectivity index (χ0v) is 13.9. The standard InChI is InChI=1S/C14H18ClN3O3S/c1-11(6-9-18-8-3-7-16-18)17-22(19,20)12-4-5-14(21-2)13(15)10-12/h3-5,7-8,10-11,17H,6,9H2,1-2H3. The topological polar surface area (TPSA) is 73.2 Å². The highest BCUT2D eigenvalue weighted by Gasteiger charge is 2.18. The molecule has 0 bridgehead atoms. The normalized spacial score (nSPS) is 13.0. The molecule has 22 heavy (non-hydrogen) atoms. The third-order valence-electron chi connectivity index (χ3n) is 3.14. The molecule has 1 aromatic carbocycles. The molecule has 0 amide bonds. The number of aryl methyl sites for hydroxylation is 1. The third kappa shape index (κ3) is 4.22. The maximum absolute atomic E-state index is 12.3. The van der Waals surface area contributed by atoms with Crippen molar-refractivity contribution in [3.63, 3.8) is 0 Å². The minimum atomic E-state index is -3.62. The van der Waals surface area contributed by atoms with Gasteiger partial charge in [-0.2, -0.15) is 5.10 Å². The third-order valence-corrected chi connectivity index (χ3v) is 5.02. The van der Waals surface area contributed by atoms with Gasteiger partial charge in [0.1, 0.15) is 5.75 Å². The summed E-state index contributed by atoms with van der Waals surface area (Å²) in [5.41, 5.74) is 0. The van der Waals surface area contributed by atoms with Gasteiger partial charge >= 0.3 is 0 Å². The van der Waals surface area contributed by atoms with E-state index in [1.54, 1.807) is 10.9 Å². The van der Waals surface area contributed by atoms with Gasteiger partial charge in [0.2, 0.25) is 10.0 Å². The Balaban J connectivity index is 2.02. The molecule has 0 fully saturated rings. The van der Waals surface area contributed by atoms with E-state index in [9.17, 15) is 8.42 Å². The first-order valence-corrected chi connectivity index (χ1v) is 8.62. The van der Waals surface area contributed by atoms with Crippen molar-refractivity contribution >= 4 is 21.6 Å². The number of nitrogens with one attached hydrogen (secondary N) is 1. The van der Waals surface area contributed by atoms with Crippen molar-refractivity contribution in [1.29, 1.82) is 0 Å². The van der Waals surface area contributed by atoms with Gasteiger partial charge in [-0.3, -0.25) is 4.68 Å². The van der Waals surface area contributed by atoms with Gasteiger partial charge < -0.3 is 4.74 Å². The summed E-state index contributed by atoms with van der Waals surface area (Å²) in [4.78, 5) is 0.115. The number of methoxy groups -OCH3 is 1. The molecule has 6 nitrogen and oxygen atoms in total. The van der Waals surface area contributed by atoms with Crippen LogP contribution in [0.1, 0.15) is 13.3 Å². The van der Waals surface area contributed by atoms with E-state index in [4.69, 9.17) is 16.3 Å². The Kier molecular flexibility index (Phi) is 5.44. The molecule has 1 N–H and O–H groups in total. The Hall–Kier alpha value is -1.57. The predicted molar refractivity (Wildman–Crippen MR) is 84.6 cm³/mol. The zero-order valence-electron chi connectivity index (χ0n) is 12.4. The molecule has 1 unspecified atom stereocenters. The zero-order chi connectivity index (χ0) is 16.2. The summed E-state index contributed by atoms with van der Waals surface area (Å²) in [6.07, 6.45) is 4.16. The molecule has 0 aliphatic heterocycles. The van der Waals surface area contributed by atoms with Crippen molar-refractivity contribution in [3.8, 4) is 5.75 Å². The number of nitrogens with zero attached hydrogens (tertiary/aromatic N) is 2. The monoisotopic (exact) mass is 343 g/mol. The van der Waals surface area contributed by atoms with Crippen LogP contribution in [-0.4, -0.2) is 31.3 Å². The lowest BCUT2D eigenvalue weighted by Gasteiger charge is -2.15. The van der Waals surface area contributed by atoms with E-state index in [0.29, 0.717) is 18.7 Å². The minimum Gasteiger partial charge on any atom is -0.495 e. The average molecular weight is 344 g/mol. The first-order chi connectivity index (χ1) is 10.4. The van der Waals surface area contributed by atoms with Crippen LogP contribution in [0.5, 0.6) is 5.75 Å². The van der Waals surface area contributed by atoms with E-state index in [-0.39, 0.29) is 16.0 Å².